The van der Waals surface area contributed by atoms with Crippen LogP contribution in [0.3, 0.4) is 0 Å². The number of anilines is 1. The Labute approximate surface area is 111 Å². The molecule has 7 nitrogen and oxygen atoms in total. The molecule has 2 rings (SSSR count). The minimum Gasteiger partial charge on any atom is -0.393 e. The summed E-state index contributed by atoms with van der Waals surface area (Å²) in [6.07, 6.45) is 4.27. The number of carbonyl (C=O) groups excluding carboxylic acids is 1. The molecule has 0 aromatic carbocycles. The first kappa shape index (κ1) is 13.8. The maximum atomic E-state index is 11.6. The lowest BCUT2D eigenvalue weighted by atomic mass is 9.86. The molecule has 3 N–H and O–H groups in total. The highest BCUT2D eigenvalue weighted by Gasteiger charge is 2.23. The van der Waals surface area contributed by atoms with E-state index in [-0.39, 0.29) is 24.1 Å². The molecule has 0 bridgehead atoms. The lowest BCUT2D eigenvalue weighted by Gasteiger charge is -2.27. The molecule has 7 heteroatoms. The first-order chi connectivity index (χ1) is 9.19. The van der Waals surface area contributed by atoms with Gasteiger partial charge >= 0.3 is 12.0 Å². The van der Waals surface area contributed by atoms with Gasteiger partial charge in [0.25, 0.3) is 0 Å². The number of hydrogen-bond donors (Lipinski definition) is 3. The van der Waals surface area contributed by atoms with Gasteiger partial charge in [0, 0.05) is 18.9 Å². The van der Waals surface area contributed by atoms with Gasteiger partial charge in [0.1, 0.15) is 0 Å². The Morgan fingerprint density at radius 2 is 2.26 bits per heavy atom. The summed E-state index contributed by atoms with van der Waals surface area (Å²) >= 11 is 0. The van der Waals surface area contributed by atoms with E-state index >= 15 is 0 Å². The Morgan fingerprint density at radius 3 is 2.95 bits per heavy atom. The van der Waals surface area contributed by atoms with Crippen molar-refractivity contribution >= 4 is 12.0 Å². The van der Waals surface area contributed by atoms with Crippen LogP contribution in [0.5, 0.6) is 0 Å². The number of aromatic nitrogens is 2. The predicted molar refractivity (Wildman–Crippen MR) is 68.7 cm³/mol. The van der Waals surface area contributed by atoms with Crippen molar-refractivity contribution in [2.24, 2.45) is 5.92 Å². The molecule has 0 spiro atoms. The molecule has 19 heavy (non-hydrogen) atoms. The average Bonchev–Trinajstić information content (AvgIpc) is 2.85. The van der Waals surface area contributed by atoms with Gasteiger partial charge in [0.15, 0.2) is 5.82 Å². The lowest BCUT2D eigenvalue weighted by Crippen LogP contribution is -2.38. The van der Waals surface area contributed by atoms with Gasteiger partial charge in [-0.05, 0) is 12.8 Å². The minimum absolute atomic E-state index is 0.0959. The van der Waals surface area contributed by atoms with Gasteiger partial charge in [0.05, 0.1) is 6.10 Å². The van der Waals surface area contributed by atoms with Gasteiger partial charge in [-0.15, -0.1) is 0 Å². The third-order valence-electron chi connectivity index (χ3n) is 3.40. The van der Waals surface area contributed by atoms with Crippen LogP contribution in [-0.4, -0.2) is 33.9 Å². The highest BCUT2D eigenvalue weighted by atomic mass is 16.5. The molecule has 1 heterocycles. The Hall–Kier alpha value is -1.63. The van der Waals surface area contributed by atoms with Crippen LogP contribution in [0.15, 0.2) is 4.52 Å². The fourth-order valence-electron chi connectivity index (χ4n) is 2.24. The van der Waals surface area contributed by atoms with Gasteiger partial charge in [-0.2, -0.15) is 4.98 Å². The molecular formula is C12H20N4O3. The van der Waals surface area contributed by atoms with Crippen LogP contribution in [0, 0.1) is 5.92 Å². The molecule has 1 fully saturated rings. The summed E-state index contributed by atoms with van der Waals surface area (Å²) < 4.78 is 4.86. The number of aliphatic hydroxyl groups is 1. The maximum Gasteiger partial charge on any atom is 0.329 e. The molecule has 0 saturated heterocycles. The Morgan fingerprint density at radius 1 is 1.47 bits per heavy atom. The normalized spacial score (nSPS) is 23.1. The number of rotatable bonds is 4. The molecule has 1 aromatic rings. The van der Waals surface area contributed by atoms with Crippen molar-refractivity contribution in [2.45, 2.75) is 45.1 Å². The second kappa shape index (κ2) is 6.51. The van der Waals surface area contributed by atoms with E-state index in [0.29, 0.717) is 18.8 Å². The molecule has 2 atom stereocenters. The summed E-state index contributed by atoms with van der Waals surface area (Å²) in [6.45, 7) is 2.36. The van der Waals surface area contributed by atoms with Crippen LogP contribution >= 0.6 is 0 Å². The number of nitrogens with one attached hydrogen (secondary N) is 2. The van der Waals surface area contributed by atoms with Gasteiger partial charge < -0.3 is 14.9 Å². The first-order valence-electron chi connectivity index (χ1n) is 6.74. The molecule has 106 valence electrons. The van der Waals surface area contributed by atoms with E-state index in [2.05, 4.69) is 20.8 Å². The van der Waals surface area contributed by atoms with Crippen molar-refractivity contribution in [3.05, 3.63) is 5.82 Å². The van der Waals surface area contributed by atoms with Crippen molar-refractivity contribution in [1.29, 1.82) is 0 Å². The Bertz CT molecular complexity index is 421. The van der Waals surface area contributed by atoms with Crippen LogP contribution < -0.4 is 10.6 Å². The van der Waals surface area contributed by atoms with Crippen molar-refractivity contribution < 1.29 is 14.4 Å². The van der Waals surface area contributed by atoms with Gasteiger partial charge in [-0.1, -0.05) is 24.9 Å². The molecule has 1 saturated carbocycles. The predicted octanol–water partition coefficient (Wildman–Crippen LogP) is 1.30. The van der Waals surface area contributed by atoms with Gasteiger partial charge in [0.2, 0.25) is 0 Å². The summed E-state index contributed by atoms with van der Waals surface area (Å²) in [5, 5.41) is 18.7. The topological polar surface area (TPSA) is 100 Å². The summed E-state index contributed by atoms with van der Waals surface area (Å²) in [6, 6.07) is -0.289. The zero-order valence-corrected chi connectivity index (χ0v) is 11.1. The largest absolute Gasteiger partial charge is 0.393 e. The molecule has 0 radical (unpaired) electrons. The van der Waals surface area contributed by atoms with E-state index < -0.39 is 0 Å². The number of amides is 2. The van der Waals surface area contributed by atoms with E-state index in [1.54, 1.807) is 0 Å². The number of hydrogen-bond acceptors (Lipinski definition) is 5. The third kappa shape index (κ3) is 3.92. The second-order valence-corrected chi connectivity index (χ2v) is 4.82. The van der Waals surface area contributed by atoms with Gasteiger partial charge in [-0.3, -0.25) is 5.32 Å². The Kier molecular flexibility index (Phi) is 4.73. The Balaban J connectivity index is 1.74. The number of aryl methyl sites for hydroxylation is 1. The van der Waals surface area contributed by atoms with Crippen LogP contribution in [0.1, 0.15) is 38.4 Å². The zero-order chi connectivity index (χ0) is 13.7. The van der Waals surface area contributed by atoms with E-state index in [1.165, 1.54) is 0 Å². The van der Waals surface area contributed by atoms with Crippen molar-refractivity contribution in [3.63, 3.8) is 0 Å². The van der Waals surface area contributed by atoms with Crippen LogP contribution in [0.4, 0.5) is 10.8 Å². The number of urea groups is 1. The molecule has 2 amide bonds. The summed E-state index contributed by atoms with van der Waals surface area (Å²) in [5.74, 6) is 0.686. The molecule has 1 aliphatic carbocycles. The molecule has 0 unspecified atom stereocenters. The van der Waals surface area contributed by atoms with Crippen LogP contribution in [0.25, 0.3) is 0 Å². The fourth-order valence-corrected chi connectivity index (χ4v) is 2.24. The summed E-state index contributed by atoms with van der Waals surface area (Å²) in [7, 11) is 0. The summed E-state index contributed by atoms with van der Waals surface area (Å²) in [4.78, 5) is 15.6. The first-order valence-corrected chi connectivity index (χ1v) is 6.74. The standard InChI is InChI=1S/C12H20N4O3/c1-2-10-14-12(19-16-10)15-11(18)13-7-8-5-3-4-6-9(8)17/h8-9,17H,2-7H2,1H3,(H2,13,14,15,16,18)/t8-,9+/m1/s1. The van der Waals surface area contributed by atoms with Crippen LogP contribution in [-0.2, 0) is 6.42 Å². The monoisotopic (exact) mass is 268 g/mol. The number of aliphatic hydroxyl groups excluding tert-OH is 1. The number of carbonyl (C=O) groups is 1. The summed E-state index contributed by atoms with van der Waals surface area (Å²) in [5.41, 5.74) is 0. The van der Waals surface area contributed by atoms with Crippen LogP contribution in [0.2, 0.25) is 0 Å². The molecular weight excluding hydrogens is 248 g/mol. The lowest BCUT2D eigenvalue weighted by molar-refractivity contribution is 0.0711. The zero-order valence-electron chi connectivity index (χ0n) is 11.1. The SMILES string of the molecule is CCc1noc(NC(=O)NC[C@H]2CCCC[C@@H]2O)n1. The third-order valence-corrected chi connectivity index (χ3v) is 3.40. The fraction of sp³-hybridized carbons (Fsp3) is 0.750. The van der Waals surface area contributed by atoms with E-state index in [1.807, 2.05) is 6.92 Å². The minimum atomic E-state index is -0.385. The van der Waals surface area contributed by atoms with E-state index in [4.69, 9.17) is 4.52 Å². The highest BCUT2D eigenvalue weighted by Crippen LogP contribution is 2.23. The smallest absolute Gasteiger partial charge is 0.329 e. The second-order valence-electron chi connectivity index (χ2n) is 4.82. The van der Waals surface area contributed by atoms with Crippen molar-refractivity contribution in [1.82, 2.24) is 15.5 Å². The molecule has 1 aliphatic rings. The van der Waals surface area contributed by atoms with E-state index in [0.717, 1.165) is 25.7 Å². The molecule has 1 aromatic heterocycles. The van der Waals surface area contributed by atoms with Crippen molar-refractivity contribution in [3.8, 4) is 0 Å². The highest BCUT2D eigenvalue weighted by molar-refractivity contribution is 5.86. The number of nitrogens with zero attached hydrogens (tertiary/aromatic N) is 2. The maximum absolute atomic E-state index is 11.6. The van der Waals surface area contributed by atoms with E-state index in [9.17, 15) is 9.90 Å². The average molecular weight is 268 g/mol. The van der Waals surface area contributed by atoms with Crippen molar-refractivity contribution in [2.75, 3.05) is 11.9 Å². The molecule has 0 aliphatic heterocycles. The quantitative estimate of drug-likeness (QED) is 0.764. The van der Waals surface area contributed by atoms with Gasteiger partial charge in [-0.25, -0.2) is 4.79 Å².